The maximum absolute atomic E-state index is 14.2. The fourth-order valence-electron chi connectivity index (χ4n) is 4.55. The van der Waals surface area contributed by atoms with Gasteiger partial charge in [0.05, 0.1) is 23.9 Å². The van der Waals surface area contributed by atoms with E-state index in [1.165, 1.54) is 4.52 Å². The van der Waals surface area contributed by atoms with E-state index in [4.69, 9.17) is 9.72 Å². The number of aromatic amines is 1. The van der Waals surface area contributed by atoms with Crippen LogP contribution < -0.4 is 10.9 Å². The highest BCUT2D eigenvalue weighted by molar-refractivity contribution is 6.08. The molecule has 3 aromatic heterocycles. The van der Waals surface area contributed by atoms with Crippen molar-refractivity contribution >= 4 is 23.0 Å². The predicted octanol–water partition coefficient (Wildman–Crippen LogP) is 5.01. The summed E-state index contributed by atoms with van der Waals surface area (Å²) in [5.41, 5.74) is 3.51. The van der Waals surface area contributed by atoms with Gasteiger partial charge in [-0.3, -0.25) is 14.9 Å². The number of methoxy groups -OCH3 is 1. The van der Waals surface area contributed by atoms with Gasteiger partial charge >= 0.3 is 0 Å². The van der Waals surface area contributed by atoms with Crippen LogP contribution in [0.15, 0.2) is 88.5 Å². The first-order valence-corrected chi connectivity index (χ1v) is 11.7. The Balaban J connectivity index is 1.81. The molecule has 3 heterocycles. The molecular formula is C28H28N6O2. The second-order valence-corrected chi connectivity index (χ2v) is 8.94. The highest BCUT2D eigenvalue weighted by atomic mass is 16.5. The molecule has 0 aliphatic heterocycles. The molecular weight excluding hydrogens is 452 g/mol. The minimum absolute atomic E-state index is 0.188. The van der Waals surface area contributed by atoms with E-state index in [1.807, 2.05) is 80.6 Å². The molecule has 0 saturated heterocycles. The van der Waals surface area contributed by atoms with E-state index in [9.17, 15) is 4.79 Å². The smallest absolute Gasteiger partial charge is 0.278 e. The molecule has 0 unspecified atom stereocenters. The van der Waals surface area contributed by atoms with Crippen LogP contribution in [0.2, 0.25) is 0 Å². The Morgan fingerprint density at radius 1 is 1.19 bits per heavy atom. The van der Waals surface area contributed by atoms with Crippen molar-refractivity contribution in [3.05, 3.63) is 100 Å². The first kappa shape index (κ1) is 23.3. The molecule has 4 aromatic rings. The summed E-state index contributed by atoms with van der Waals surface area (Å²) in [5, 5.41) is 6.64. The molecule has 182 valence electrons. The average Bonchev–Trinajstić information content (AvgIpc) is 3.29. The highest BCUT2D eigenvalue weighted by Gasteiger charge is 2.34. The van der Waals surface area contributed by atoms with E-state index in [1.54, 1.807) is 20.4 Å². The maximum atomic E-state index is 14.2. The van der Waals surface area contributed by atoms with E-state index >= 15 is 0 Å². The summed E-state index contributed by atoms with van der Waals surface area (Å²) >= 11 is 0. The summed E-state index contributed by atoms with van der Waals surface area (Å²) < 4.78 is 6.91. The average molecular weight is 481 g/mol. The largest absolute Gasteiger partial charge is 0.497 e. The number of anilines is 2. The van der Waals surface area contributed by atoms with Crippen LogP contribution in [-0.2, 0) is 10.2 Å². The number of benzene rings is 1. The van der Waals surface area contributed by atoms with Crippen LogP contribution in [0.25, 0.3) is 16.9 Å². The van der Waals surface area contributed by atoms with Crippen molar-refractivity contribution in [1.29, 1.82) is 0 Å². The Labute approximate surface area is 209 Å². The summed E-state index contributed by atoms with van der Waals surface area (Å²) in [7, 11) is 3.37. The zero-order valence-corrected chi connectivity index (χ0v) is 20.7. The zero-order valence-electron chi connectivity index (χ0n) is 20.7. The van der Waals surface area contributed by atoms with Crippen LogP contribution in [0.4, 0.5) is 11.6 Å². The lowest BCUT2D eigenvalue weighted by Gasteiger charge is -2.29. The molecule has 0 fully saturated rings. The molecule has 1 atom stereocenters. The molecule has 1 aliphatic rings. The molecule has 0 saturated carbocycles. The number of pyridine rings is 1. The van der Waals surface area contributed by atoms with Crippen LogP contribution in [0, 0.1) is 0 Å². The van der Waals surface area contributed by atoms with Crippen molar-refractivity contribution in [2.75, 3.05) is 19.5 Å². The number of nitrogens with one attached hydrogen (secondary N) is 2. The van der Waals surface area contributed by atoms with Crippen LogP contribution in [-0.4, -0.2) is 39.5 Å². The van der Waals surface area contributed by atoms with Crippen LogP contribution in [0.1, 0.15) is 31.4 Å². The number of hydrogen-bond donors (Lipinski definition) is 2. The molecule has 1 aromatic carbocycles. The number of aromatic nitrogens is 4. The Morgan fingerprint density at radius 3 is 2.61 bits per heavy atom. The molecule has 0 spiro atoms. The van der Waals surface area contributed by atoms with Crippen molar-refractivity contribution in [3.8, 4) is 11.3 Å². The van der Waals surface area contributed by atoms with Gasteiger partial charge in [0.15, 0.2) is 5.65 Å². The van der Waals surface area contributed by atoms with E-state index < -0.39 is 5.41 Å². The van der Waals surface area contributed by atoms with Crippen LogP contribution >= 0.6 is 0 Å². The van der Waals surface area contributed by atoms with Crippen molar-refractivity contribution in [1.82, 2.24) is 19.6 Å². The quantitative estimate of drug-likeness (QED) is 0.378. The van der Waals surface area contributed by atoms with Crippen molar-refractivity contribution in [3.63, 3.8) is 0 Å². The number of rotatable bonds is 6. The molecule has 8 nitrogen and oxygen atoms in total. The van der Waals surface area contributed by atoms with Gasteiger partial charge in [-0.15, -0.1) is 0 Å². The summed E-state index contributed by atoms with van der Waals surface area (Å²) in [6, 6.07) is 15.5. The number of nitrogens with zero attached hydrogens (tertiary/aromatic N) is 4. The van der Waals surface area contributed by atoms with E-state index in [2.05, 4.69) is 20.4 Å². The predicted molar refractivity (Wildman–Crippen MR) is 143 cm³/mol. The summed E-state index contributed by atoms with van der Waals surface area (Å²) in [6.07, 6.45) is 8.17. The molecule has 8 heteroatoms. The molecule has 0 radical (unpaired) electrons. The first-order valence-electron chi connectivity index (χ1n) is 11.7. The van der Waals surface area contributed by atoms with E-state index in [0.29, 0.717) is 29.3 Å². The monoisotopic (exact) mass is 480 g/mol. The molecule has 1 aliphatic carbocycles. The summed E-state index contributed by atoms with van der Waals surface area (Å²) in [4.78, 5) is 28.1. The molecule has 0 amide bonds. The molecule has 0 bridgehead atoms. The minimum atomic E-state index is -0.615. The van der Waals surface area contributed by atoms with E-state index in [0.717, 1.165) is 28.3 Å². The van der Waals surface area contributed by atoms with Gasteiger partial charge in [-0.1, -0.05) is 49.4 Å². The lowest BCUT2D eigenvalue weighted by Crippen LogP contribution is -2.33. The number of allylic oxidation sites excluding steroid dienone is 3. The standard InChI is InChI=1S/C28H28N6O2/c1-18(29-3)22-24(19-10-6-5-7-11-19)33-34-26(22)32-25(31-21-12-8-9-17-30-21)23(27(34)35)28(2)15-13-20(36-4)14-16-28/h5-15,17,33H,16H2,1-4H3,(H,30,31)/t28-/m1/s1. The van der Waals surface area contributed by atoms with Crippen LogP contribution in [0.5, 0.6) is 0 Å². The number of fused-ring (bicyclic) bond motifs is 1. The molecule has 2 N–H and O–H groups in total. The normalized spacial score (nSPS) is 17.8. The number of ether oxygens (including phenoxy) is 1. The lowest BCUT2D eigenvalue weighted by molar-refractivity contribution is 0.300. The van der Waals surface area contributed by atoms with Gasteiger partial charge in [0.2, 0.25) is 0 Å². The fourth-order valence-corrected chi connectivity index (χ4v) is 4.55. The third kappa shape index (κ3) is 4.00. The molecule has 5 rings (SSSR count). The van der Waals surface area contributed by atoms with Gasteiger partial charge in [0.1, 0.15) is 17.4 Å². The Bertz CT molecular complexity index is 1560. The number of aliphatic imine (C=N–C) groups is 1. The van der Waals surface area contributed by atoms with Crippen molar-refractivity contribution in [2.45, 2.75) is 25.7 Å². The first-order chi connectivity index (χ1) is 17.4. The zero-order chi connectivity index (χ0) is 25.3. The van der Waals surface area contributed by atoms with Gasteiger partial charge in [0.25, 0.3) is 5.56 Å². The number of hydrogen-bond acceptors (Lipinski definition) is 6. The van der Waals surface area contributed by atoms with Gasteiger partial charge in [-0.2, -0.15) is 4.52 Å². The second kappa shape index (κ2) is 9.30. The van der Waals surface area contributed by atoms with Gasteiger partial charge in [-0.05, 0) is 37.6 Å². The lowest BCUT2D eigenvalue weighted by atomic mass is 9.77. The maximum Gasteiger partial charge on any atom is 0.278 e. The SMILES string of the molecule is CN=C(C)c1c(-c2ccccc2)[nH]n2c(=O)c([C@]3(C)C=CC(OC)=CC3)c(Nc3ccccn3)nc12. The third-order valence-electron chi connectivity index (χ3n) is 6.60. The number of H-pyrrole nitrogens is 1. The Hall–Kier alpha value is -4.46. The van der Waals surface area contributed by atoms with Crippen LogP contribution in [0.3, 0.4) is 0 Å². The molecule has 36 heavy (non-hydrogen) atoms. The second-order valence-electron chi connectivity index (χ2n) is 8.94. The Morgan fingerprint density at radius 2 is 1.97 bits per heavy atom. The van der Waals surface area contributed by atoms with Crippen molar-refractivity contribution < 1.29 is 4.74 Å². The Kier molecular flexibility index (Phi) is 6.01. The third-order valence-corrected chi connectivity index (χ3v) is 6.60. The van der Waals surface area contributed by atoms with Gasteiger partial charge in [0, 0.05) is 29.9 Å². The summed E-state index contributed by atoms with van der Waals surface area (Å²) in [5.74, 6) is 1.83. The van der Waals surface area contributed by atoms with Crippen molar-refractivity contribution in [2.24, 2.45) is 4.99 Å². The highest BCUT2D eigenvalue weighted by Crippen LogP contribution is 2.37. The minimum Gasteiger partial charge on any atom is -0.497 e. The fraction of sp³-hybridized carbons (Fsp3) is 0.214. The van der Waals surface area contributed by atoms with E-state index in [-0.39, 0.29) is 5.56 Å². The topological polar surface area (TPSA) is 96.7 Å². The van der Waals surface area contributed by atoms with Gasteiger partial charge < -0.3 is 10.1 Å². The van der Waals surface area contributed by atoms with Gasteiger partial charge in [-0.25, -0.2) is 9.97 Å². The summed E-state index contributed by atoms with van der Waals surface area (Å²) in [6.45, 7) is 3.95.